The fraction of sp³-hybridized carbons (Fsp3) is 0.923. The lowest BCUT2D eigenvalue weighted by Gasteiger charge is -2.25. The van der Waals surface area contributed by atoms with E-state index in [2.05, 4.69) is 19.2 Å². The van der Waals surface area contributed by atoms with Crippen LogP contribution in [0.3, 0.4) is 0 Å². The van der Waals surface area contributed by atoms with Crippen molar-refractivity contribution in [2.75, 3.05) is 19.6 Å². The van der Waals surface area contributed by atoms with Gasteiger partial charge in [0.05, 0.1) is 12.6 Å². The fourth-order valence-electron chi connectivity index (χ4n) is 2.75. The Morgan fingerprint density at radius 2 is 1.95 bits per heavy atom. The zero-order valence-electron chi connectivity index (χ0n) is 11.5. The summed E-state index contributed by atoms with van der Waals surface area (Å²) in [7, 11) is 0. The Labute approximate surface area is 119 Å². The molecule has 6 heteroatoms. The van der Waals surface area contributed by atoms with E-state index >= 15 is 0 Å². The first-order valence-corrected chi connectivity index (χ1v) is 6.69. The largest absolute Gasteiger partial charge is 0.341 e. The number of carbonyl (C=O) groups excluding carboxylic acids is 1. The maximum absolute atomic E-state index is 13.1. The average Bonchev–Trinajstić information content (AvgIpc) is 2.52. The monoisotopic (exact) mass is 296 g/mol. The summed E-state index contributed by atoms with van der Waals surface area (Å²) in [5.41, 5.74) is 0.252. The first-order valence-electron chi connectivity index (χ1n) is 6.69. The normalized spacial score (nSPS) is 29.5. The number of rotatable bonds is 1. The lowest BCUT2D eigenvalue weighted by Crippen LogP contribution is -2.44. The highest BCUT2D eigenvalue weighted by atomic mass is 35.5. The summed E-state index contributed by atoms with van der Waals surface area (Å²) in [4.78, 5) is 13.9. The van der Waals surface area contributed by atoms with Crippen molar-refractivity contribution in [1.82, 2.24) is 10.2 Å². The van der Waals surface area contributed by atoms with Crippen LogP contribution in [0, 0.1) is 5.41 Å². The Hall–Kier alpha value is -0.420. The van der Waals surface area contributed by atoms with Gasteiger partial charge in [-0.15, -0.1) is 12.4 Å². The summed E-state index contributed by atoms with van der Waals surface area (Å²) >= 11 is 0. The molecule has 1 atom stereocenters. The standard InChI is InChI=1S/C13H22F2N2O.ClH/c1-12(2)4-3-6-17(7-5-12)11(18)10-8-13(14,15)9-16-10;/h10,16H,3-9H2,1-2H3;1H. The average molecular weight is 297 g/mol. The molecule has 2 aliphatic heterocycles. The summed E-state index contributed by atoms with van der Waals surface area (Å²) < 4.78 is 26.2. The topological polar surface area (TPSA) is 32.3 Å². The van der Waals surface area contributed by atoms with E-state index in [-0.39, 0.29) is 36.7 Å². The number of amides is 1. The summed E-state index contributed by atoms with van der Waals surface area (Å²) in [5, 5.41) is 2.64. The Bertz CT molecular complexity index is 337. The van der Waals surface area contributed by atoms with E-state index in [0.717, 1.165) is 19.3 Å². The molecular weight excluding hydrogens is 274 g/mol. The van der Waals surface area contributed by atoms with Gasteiger partial charge in [0.15, 0.2) is 0 Å². The zero-order valence-corrected chi connectivity index (χ0v) is 12.4. The minimum Gasteiger partial charge on any atom is -0.341 e. The molecule has 2 heterocycles. The number of nitrogens with zero attached hydrogens (tertiary/aromatic N) is 1. The summed E-state index contributed by atoms with van der Waals surface area (Å²) in [6.07, 6.45) is 2.64. The molecule has 2 aliphatic rings. The molecule has 2 rings (SSSR count). The van der Waals surface area contributed by atoms with Crippen molar-refractivity contribution in [1.29, 1.82) is 0 Å². The number of hydrogen-bond acceptors (Lipinski definition) is 2. The third kappa shape index (κ3) is 4.28. The molecule has 0 spiro atoms. The van der Waals surface area contributed by atoms with Gasteiger partial charge in [-0.3, -0.25) is 10.1 Å². The molecule has 1 N–H and O–H groups in total. The fourth-order valence-corrected chi connectivity index (χ4v) is 2.75. The lowest BCUT2D eigenvalue weighted by molar-refractivity contribution is -0.133. The van der Waals surface area contributed by atoms with Gasteiger partial charge in [0, 0.05) is 19.5 Å². The van der Waals surface area contributed by atoms with Crippen LogP contribution in [-0.2, 0) is 4.79 Å². The van der Waals surface area contributed by atoms with Gasteiger partial charge < -0.3 is 4.90 Å². The number of likely N-dealkylation sites (tertiary alicyclic amines) is 1. The van der Waals surface area contributed by atoms with Crippen LogP contribution in [0.4, 0.5) is 8.78 Å². The van der Waals surface area contributed by atoms with E-state index in [1.54, 1.807) is 4.90 Å². The summed E-state index contributed by atoms with van der Waals surface area (Å²) in [6, 6.07) is -0.693. The van der Waals surface area contributed by atoms with Gasteiger partial charge in [0.1, 0.15) is 0 Å². The molecular formula is C13H23ClF2N2O. The van der Waals surface area contributed by atoms with Gasteiger partial charge in [-0.1, -0.05) is 13.8 Å². The van der Waals surface area contributed by atoms with Crippen LogP contribution in [0.25, 0.3) is 0 Å². The van der Waals surface area contributed by atoms with Crippen molar-refractivity contribution in [2.24, 2.45) is 5.41 Å². The predicted octanol–water partition coefficient (Wildman–Crippen LogP) is 2.44. The second kappa shape index (κ2) is 5.92. The minimum absolute atomic E-state index is 0. The number of carbonyl (C=O) groups is 1. The van der Waals surface area contributed by atoms with Crippen LogP contribution in [0.5, 0.6) is 0 Å². The van der Waals surface area contributed by atoms with Gasteiger partial charge in [0.2, 0.25) is 5.91 Å². The SMILES string of the molecule is CC1(C)CCCN(C(=O)C2CC(F)(F)CN2)CC1.Cl. The van der Waals surface area contributed by atoms with Crippen molar-refractivity contribution in [3.8, 4) is 0 Å². The molecule has 0 aliphatic carbocycles. The molecule has 3 nitrogen and oxygen atoms in total. The van der Waals surface area contributed by atoms with E-state index in [4.69, 9.17) is 0 Å². The van der Waals surface area contributed by atoms with Crippen LogP contribution in [0.2, 0.25) is 0 Å². The minimum atomic E-state index is -2.73. The maximum Gasteiger partial charge on any atom is 0.262 e. The summed E-state index contributed by atoms with van der Waals surface area (Å²) in [5.74, 6) is -2.88. The van der Waals surface area contributed by atoms with Gasteiger partial charge in [-0.05, 0) is 24.7 Å². The van der Waals surface area contributed by atoms with Gasteiger partial charge in [0.25, 0.3) is 5.92 Å². The van der Waals surface area contributed by atoms with E-state index in [9.17, 15) is 13.6 Å². The molecule has 1 amide bonds. The molecule has 0 aromatic carbocycles. The Morgan fingerprint density at radius 3 is 2.53 bits per heavy atom. The first-order chi connectivity index (χ1) is 8.29. The first kappa shape index (κ1) is 16.6. The molecule has 0 saturated carbocycles. The number of nitrogens with one attached hydrogen (secondary N) is 1. The smallest absolute Gasteiger partial charge is 0.262 e. The molecule has 0 radical (unpaired) electrons. The van der Waals surface area contributed by atoms with Crippen LogP contribution in [0.1, 0.15) is 39.5 Å². The number of halogens is 3. The molecule has 0 aromatic rings. The van der Waals surface area contributed by atoms with Crippen LogP contribution in [-0.4, -0.2) is 42.4 Å². The molecule has 2 fully saturated rings. The number of hydrogen-bond donors (Lipinski definition) is 1. The van der Waals surface area contributed by atoms with Gasteiger partial charge in [-0.25, -0.2) is 8.78 Å². The predicted molar refractivity (Wildman–Crippen MR) is 72.8 cm³/mol. The van der Waals surface area contributed by atoms with E-state index in [1.807, 2.05) is 0 Å². The van der Waals surface area contributed by atoms with Gasteiger partial charge >= 0.3 is 0 Å². The van der Waals surface area contributed by atoms with Crippen molar-refractivity contribution < 1.29 is 13.6 Å². The molecule has 2 saturated heterocycles. The lowest BCUT2D eigenvalue weighted by atomic mass is 9.85. The van der Waals surface area contributed by atoms with Crippen LogP contribution < -0.4 is 5.32 Å². The highest BCUT2D eigenvalue weighted by Gasteiger charge is 2.43. The molecule has 1 unspecified atom stereocenters. The van der Waals surface area contributed by atoms with Crippen molar-refractivity contribution >= 4 is 18.3 Å². The maximum atomic E-state index is 13.1. The van der Waals surface area contributed by atoms with Crippen LogP contribution in [0.15, 0.2) is 0 Å². The third-order valence-electron chi connectivity index (χ3n) is 4.06. The van der Waals surface area contributed by atoms with Crippen LogP contribution >= 0.6 is 12.4 Å². The van der Waals surface area contributed by atoms with E-state index < -0.39 is 12.0 Å². The Kier molecular flexibility index (Phi) is 5.18. The second-order valence-electron chi connectivity index (χ2n) is 6.34. The summed E-state index contributed by atoms with van der Waals surface area (Å²) in [6.45, 7) is 5.41. The zero-order chi connectivity index (χ0) is 13.4. The molecule has 112 valence electrons. The van der Waals surface area contributed by atoms with E-state index in [1.165, 1.54) is 0 Å². The van der Waals surface area contributed by atoms with Gasteiger partial charge in [-0.2, -0.15) is 0 Å². The van der Waals surface area contributed by atoms with Crippen molar-refractivity contribution in [2.45, 2.75) is 51.5 Å². The second-order valence-corrected chi connectivity index (χ2v) is 6.34. The van der Waals surface area contributed by atoms with E-state index in [0.29, 0.717) is 13.1 Å². The molecule has 19 heavy (non-hydrogen) atoms. The highest BCUT2D eigenvalue weighted by molar-refractivity contribution is 5.85. The van der Waals surface area contributed by atoms with Crippen molar-refractivity contribution in [3.63, 3.8) is 0 Å². The molecule has 0 aromatic heterocycles. The van der Waals surface area contributed by atoms with Crippen molar-refractivity contribution in [3.05, 3.63) is 0 Å². The molecule has 0 bridgehead atoms. The number of alkyl halides is 2. The Morgan fingerprint density at radius 1 is 1.26 bits per heavy atom. The quantitative estimate of drug-likeness (QED) is 0.806. The Balaban J connectivity index is 0.00000180. The third-order valence-corrected chi connectivity index (χ3v) is 4.06. The highest BCUT2D eigenvalue weighted by Crippen LogP contribution is 2.31.